The Hall–Kier alpha value is -2.64. The monoisotopic (exact) mass is 487 g/mol. The lowest BCUT2D eigenvalue weighted by atomic mass is 10.1. The van der Waals surface area contributed by atoms with E-state index >= 15 is 0 Å². The number of benzene rings is 3. The Morgan fingerprint density at radius 2 is 1.26 bits per heavy atom. The molecule has 3 N–H and O–H groups in total. The summed E-state index contributed by atoms with van der Waals surface area (Å²) in [7, 11) is 0. The number of anilines is 3. The van der Waals surface area contributed by atoms with E-state index < -0.39 is 6.03 Å². The highest BCUT2D eigenvalue weighted by Gasteiger charge is 2.13. The van der Waals surface area contributed by atoms with Gasteiger partial charge in [-0.25, -0.2) is 4.79 Å². The molecule has 27 heavy (non-hydrogen) atoms. The first-order valence-electron chi connectivity index (χ1n) is 8.01. The van der Waals surface area contributed by atoms with Gasteiger partial charge in [-0.05, 0) is 48.5 Å². The van der Waals surface area contributed by atoms with Crippen LogP contribution in [-0.2, 0) is 0 Å². The predicted octanol–water partition coefficient (Wildman–Crippen LogP) is 6.11. The van der Waals surface area contributed by atoms with Gasteiger partial charge in [0.05, 0.1) is 11.3 Å². The fourth-order valence-corrected chi connectivity index (χ4v) is 3.20. The third kappa shape index (κ3) is 5.42. The number of urea groups is 1. The number of nitrogens with one attached hydrogen (secondary N) is 3. The van der Waals surface area contributed by atoms with Crippen molar-refractivity contribution in [2.75, 3.05) is 16.0 Å². The van der Waals surface area contributed by atoms with Gasteiger partial charge in [0.2, 0.25) is 0 Å². The maximum atomic E-state index is 12.6. The molecule has 0 bridgehead atoms. The Bertz CT molecular complexity index is 992. The summed E-state index contributed by atoms with van der Waals surface area (Å²) in [6.45, 7) is 0. The van der Waals surface area contributed by atoms with E-state index in [-0.39, 0.29) is 5.91 Å². The van der Waals surface area contributed by atoms with Gasteiger partial charge in [-0.2, -0.15) is 0 Å². The van der Waals surface area contributed by atoms with E-state index in [2.05, 4.69) is 47.8 Å². The number of para-hydroxylation sites is 1. The average molecular weight is 489 g/mol. The highest BCUT2D eigenvalue weighted by molar-refractivity contribution is 9.10. The van der Waals surface area contributed by atoms with Crippen LogP contribution < -0.4 is 16.0 Å². The highest BCUT2D eigenvalue weighted by Crippen LogP contribution is 2.21. The van der Waals surface area contributed by atoms with Crippen molar-refractivity contribution in [2.45, 2.75) is 0 Å². The number of carbonyl (C=O) groups excluding carboxylic acids is 2. The van der Waals surface area contributed by atoms with Crippen LogP contribution in [0.15, 0.2) is 81.7 Å². The summed E-state index contributed by atoms with van der Waals surface area (Å²) in [6, 6.07) is 20.9. The Balaban J connectivity index is 1.73. The van der Waals surface area contributed by atoms with Crippen molar-refractivity contribution in [3.8, 4) is 0 Å². The van der Waals surface area contributed by atoms with Gasteiger partial charge in [0.25, 0.3) is 5.91 Å². The molecule has 5 nitrogen and oxygen atoms in total. The molecular weight excluding hydrogens is 474 g/mol. The van der Waals surface area contributed by atoms with Crippen LogP contribution in [0.4, 0.5) is 21.9 Å². The van der Waals surface area contributed by atoms with Crippen LogP contribution in [0.2, 0.25) is 0 Å². The molecule has 0 saturated carbocycles. The van der Waals surface area contributed by atoms with Crippen molar-refractivity contribution < 1.29 is 9.59 Å². The number of hydrogen-bond acceptors (Lipinski definition) is 2. The predicted molar refractivity (Wildman–Crippen MR) is 115 cm³/mol. The molecule has 0 radical (unpaired) electrons. The lowest BCUT2D eigenvalue weighted by Gasteiger charge is -2.12. The summed E-state index contributed by atoms with van der Waals surface area (Å²) in [6.07, 6.45) is 0. The molecule has 3 aromatic carbocycles. The number of carbonyl (C=O) groups is 2. The first-order valence-corrected chi connectivity index (χ1v) is 9.59. The normalized spacial score (nSPS) is 10.1. The second-order valence-corrected chi connectivity index (χ2v) is 7.43. The summed E-state index contributed by atoms with van der Waals surface area (Å²) >= 11 is 6.73. The number of amides is 3. The van der Waals surface area contributed by atoms with Gasteiger partial charge in [-0.1, -0.05) is 56.1 Å². The highest BCUT2D eigenvalue weighted by atomic mass is 79.9. The van der Waals surface area contributed by atoms with Crippen molar-refractivity contribution >= 4 is 60.9 Å². The SMILES string of the molecule is O=C(Nc1cccc(Br)c1)Nc1ccccc1C(=O)Nc1cccc(Br)c1. The van der Waals surface area contributed by atoms with Crippen molar-refractivity contribution in [1.82, 2.24) is 0 Å². The van der Waals surface area contributed by atoms with E-state index in [9.17, 15) is 9.59 Å². The first kappa shape index (κ1) is 19.1. The lowest BCUT2D eigenvalue weighted by molar-refractivity contribution is 0.102. The molecule has 0 spiro atoms. The summed E-state index contributed by atoms with van der Waals surface area (Å²) in [5.74, 6) is -0.313. The second-order valence-electron chi connectivity index (χ2n) is 5.60. The van der Waals surface area contributed by atoms with Gasteiger partial charge in [0.1, 0.15) is 0 Å². The molecule has 3 rings (SSSR count). The molecule has 3 aromatic rings. The van der Waals surface area contributed by atoms with Crippen molar-refractivity contribution in [1.29, 1.82) is 0 Å². The van der Waals surface area contributed by atoms with Gasteiger partial charge < -0.3 is 16.0 Å². The summed E-state index contributed by atoms with van der Waals surface area (Å²) < 4.78 is 1.72. The van der Waals surface area contributed by atoms with Gasteiger partial charge in [-0.15, -0.1) is 0 Å². The molecule has 7 heteroatoms. The number of halogens is 2. The molecule has 0 aliphatic carbocycles. The van der Waals surface area contributed by atoms with E-state index in [1.807, 2.05) is 24.3 Å². The zero-order chi connectivity index (χ0) is 19.2. The molecule has 136 valence electrons. The lowest BCUT2D eigenvalue weighted by Crippen LogP contribution is -2.22. The van der Waals surface area contributed by atoms with Crippen LogP contribution in [0.1, 0.15) is 10.4 Å². The minimum atomic E-state index is -0.434. The van der Waals surface area contributed by atoms with Gasteiger partial charge in [0, 0.05) is 20.3 Å². The van der Waals surface area contributed by atoms with Crippen LogP contribution in [0.3, 0.4) is 0 Å². The number of hydrogen-bond donors (Lipinski definition) is 3. The summed E-state index contributed by atoms with van der Waals surface area (Å²) in [5.41, 5.74) is 2.07. The first-order chi connectivity index (χ1) is 13.0. The Kier molecular flexibility index (Phi) is 6.26. The van der Waals surface area contributed by atoms with Crippen LogP contribution in [-0.4, -0.2) is 11.9 Å². The van der Waals surface area contributed by atoms with Crippen LogP contribution in [0.5, 0.6) is 0 Å². The maximum Gasteiger partial charge on any atom is 0.323 e. The summed E-state index contributed by atoms with van der Waals surface area (Å²) in [5, 5.41) is 8.28. The molecule has 0 fully saturated rings. The molecule has 0 aromatic heterocycles. The van der Waals surface area contributed by atoms with Crippen molar-refractivity contribution in [3.05, 3.63) is 87.3 Å². The molecule has 0 heterocycles. The minimum absolute atomic E-state index is 0.313. The van der Waals surface area contributed by atoms with E-state index in [1.165, 1.54) is 0 Å². The Morgan fingerprint density at radius 1 is 0.667 bits per heavy atom. The minimum Gasteiger partial charge on any atom is -0.322 e. The summed E-state index contributed by atoms with van der Waals surface area (Å²) in [4.78, 5) is 24.9. The molecule has 0 saturated heterocycles. The molecule has 0 atom stereocenters. The topological polar surface area (TPSA) is 70.2 Å². The zero-order valence-electron chi connectivity index (χ0n) is 14.0. The molecular formula is C20H15Br2N3O2. The Morgan fingerprint density at radius 3 is 1.89 bits per heavy atom. The van der Waals surface area contributed by atoms with Crippen LogP contribution >= 0.6 is 31.9 Å². The number of rotatable bonds is 4. The fourth-order valence-electron chi connectivity index (χ4n) is 2.41. The van der Waals surface area contributed by atoms with E-state index in [0.717, 1.165) is 8.95 Å². The molecule has 0 aliphatic rings. The van der Waals surface area contributed by atoms with Crippen molar-refractivity contribution in [2.24, 2.45) is 0 Å². The second kappa shape index (κ2) is 8.83. The molecule has 3 amide bonds. The standard InChI is InChI=1S/C20H15Br2N3O2/c21-13-5-3-7-15(11-13)23-19(26)17-9-1-2-10-18(17)25-20(27)24-16-8-4-6-14(22)12-16/h1-12H,(H,23,26)(H2,24,25,27). The van der Waals surface area contributed by atoms with Gasteiger partial charge >= 0.3 is 6.03 Å². The van der Waals surface area contributed by atoms with E-state index in [1.54, 1.807) is 48.5 Å². The average Bonchev–Trinajstić information content (AvgIpc) is 2.62. The zero-order valence-corrected chi connectivity index (χ0v) is 17.2. The van der Waals surface area contributed by atoms with Crippen LogP contribution in [0.25, 0.3) is 0 Å². The quantitative estimate of drug-likeness (QED) is 0.414. The largest absolute Gasteiger partial charge is 0.323 e. The third-order valence-electron chi connectivity index (χ3n) is 3.58. The van der Waals surface area contributed by atoms with Gasteiger partial charge in [0.15, 0.2) is 0 Å². The Labute approximate surface area is 173 Å². The van der Waals surface area contributed by atoms with E-state index in [4.69, 9.17) is 0 Å². The maximum absolute atomic E-state index is 12.6. The third-order valence-corrected chi connectivity index (χ3v) is 4.57. The fraction of sp³-hybridized carbons (Fsp3) is 0. The van der Waals surface area contributed by atoms with Gasteiger partial charge in [-0.3, -0.25) is 4.79 Å². The molecule has 0 unspecified atom stereocenters. The molecule has 0 aliphatic heterocycles. The van der Waals surface area contributed by atoms with E-state index in [0.29, 0.717) is 22.6 Å². The van der Waals surface area contributed by atoms with Crippen molar-refractivity contribution in [3.63, 3.8) is 0 Å². The smallest absolute Gasteiger partial charge is 0.322 e. The van der Waals surface area contributed by atoms with Crippen LogP contribution in [0, 0.1) is 0 Å².